The zero-order valence-electron chi connectivity index (χ0n) is 9.54. The number of hydrogen-bond donors (Lipinski definition) is 1. The maximum absolute atomic E-state index is 5.64. The molecule has 18 heavy (non-hydrogen) atoms. The average molecular weight is 273 g/mol. The van der Waals surface area contributed by atoms with Crippen LogP contribution >= 0.6 is 22.7 Å². The van der Waals surface area contributed by atoms with Crippen molar-refractivity contribution in [3.63, 3.8) is 0 Å². The van der Waals surface area contributed by atoms with Crippen LogP contribution in [0.1, 0.15) is 10.6 Å². The molecule has 0 atom stereocenters. The van der Waals surface area contributed by atoms with Crippen molar-refractivity contribution in [2.24, 2.45) is 0 Å². The number of anilines is 1. The lowest BCUT2D eigenvalue weighted by Gasteiger charge is -1.95. The van der Waals surface area contributed by atoms with Crippen LogP contribution in [0.3, 0.4) is 0 Å². The van der Waals surface area contributed by atoms with Crippen molar-refractivity contribution in [1.29, 1.82) is 0 Å². The molecule has 0 amide bonds. The number of thiazole rings is 2. The van der Waals surface area contributed by atoms with Gasteiger partial charge < -0.3 is 5.73 Å². The van der Waals surface area contributed by atoms with Gasteiger partial charge in [0.25, 0.3) is 0 Å². The predicted octanol–water partition coefficient (Wildman–Crippen LogP) is 3.44. The second kappa shape index (κ2) is 4.88. The van der Waals surface area contributed by atoms with Crippen molar-refractivity contribution < 1.29 is 0 Å². The normalized spacial score (nSPS) is 10.7. The first-order valence-electron chi connectivity index (χ1n) is 5.51. The van der Waals surface area contributed by atoms with Crippen LogP contribution in [0.5, 0.6) is 0 Å². The molecule has 0 unspecified atom stereocenters. The highest BCUT2D eigenvalue weighted by Gasteiger charge is 2.08. The molecule has 90 valence electrons. The molecule has 0 saturated carbocycles. The average Bonchev–Trinajstić information content (AvgIpc) is 2.99. The molecule has 0 bridgehead atoms. The summed E-state index contributed by atoms with van der Waals surface area (Å²) >= 11 is 3.13. The number of nitrogens with two attached hydrogens (primary N) is 1. The van der Waals surface area contributed by atoms with Gasteiger partial charge in [-0.15, -0.1) is 22.7 Å². The molecule has 3 rings (SSSR count). The molecular weight excluding hydrogens is 262 g/mol. The Morgan fingerprint density at radius 1 is 1.17 bits per heavy atom. The Balaban J connectivity index is 1.82. The van der Waals surface area contributed by atoms with E-state index in [0.717, 1.165) is 22.0 Å². The summed E-state index contributed by atoms with van der Waals surface area (Å²) in [6.07, 6.45) is 2.74. The summed E-state index contributed by atoms with van der Waals surface area (Å²) in [6, 6.07) is 10.3. The Hall–Kier alpha value is -1.72. The number of rotatable bonds is 3. The fraction of sp³-hybridized carbons (Fsp3) is 0.0769. The van der Waals surface area contributed by atoms with Crippen LogP contribution in [0.15, 0.2) is 41.9 Å². The molecule has 3 nitrogen and oxygen atoms in total. The van der Waals surface area contributed by atoms with Gasteiger partial charge in [-0.1, -0.05) is 30.3 Å². The second-order valence-corrected chi connectivity index (χ2v) is 5.86. The highest BCUT2D eigenvalue weighted by Crippen LogP contribution is 2.29. The van der Waals surface area contributed by atoms with Crippen molar-refractivity contribution >= 4 is 27.8 Å². The van der Waals surface area contributed by atoms with Gasteiger partial charge in [0.15, 0.2) is 5.13 Å². The van der Waals surface area contributed by atoms with Crippen molar-refractivity contribution in [1.82, 2.24) is 9.97 Å². The van der Waals surface area contributed by atoms with Crippen LogP contribution in [-0.2, 0) is 6.42 Å². The van der Waals surface area contributed by atoms with E-state index in [9.17, 15) is 0 Å². The van der Waals surface area contributed by atoms with Crippen LogP contribution in [0.25, 0.3) is 10.6 Å². The summed E-state index contributed by atoms with van der Waals surface area (Å²) in [5.41, 5.74) is 7.84. The minimum absolute atomic E-state index is 0.600. The fourth-order valence-electron chi connectivity index (χ4n) is 1.68. The lowest BCUT2D eigenvalue weighted by Crippen LogP contribution is -1.84. The monoisotopic (exact) mass is 273 g/mol. The van der Waals surface area contributed by atoms with E-state index < -0.39 is 0 Å². The highest BCUT2D eigenvalue weighted by atomic mass is 32.1. The van der Waals surface area contributed by atoms with E-state index in [-0.39, 0.29) is 0 Å². The van der Waals surface area contributed by atoms with Gasteiger partial charge in [-0.25, -0.2) is 9.97 Å². The highest BCUT2D eigenvalue weighted by molar-refractivity contribution is 7.16. The van der Waals surface area contributed by atoms with E-state index in [1.807, 2.05) is 29.8 Å². The maximum Gasteiger partial charge on any atom is 0.180 e. The molecule has 1 aromatic carbocycles. The van der Waals surface area contributed by atoms with Crippen LogP contribution < -0.4 is 5.73 Å². The molecule has 0 spiro atoms. The van der Waals surface area contributed by atoms with Gasteiger partial charge in [-0.3, -0.25) is 0 Å². The first kappa shape index (κ1) is 11.4. The summed E-state index contributed by atoms with van der Waals surface area (Å²) in [5.74, 6) is 0. The third-order valence-corrected chi connectivity index (χ3v) is 4.22. The van der Waals surface area contributed by atoms with Gasteiger partial charge in [0.2, 0.25) is 0 Å². The lowest BCUT2D eigenvalue weighted by atomic mass is 10.2. The predicted molar refractivity (Wildman–Crippen MR) is 76.9 cm³/mol. The number of aromatic nitrogens is 2. The van der Waals surface area contributed by atoms with Crippen molar-refractivity contribution in [3.05, 3.63) is 52.5 Å². The molecule has 0 fully saturated rings. The molecule has 0 aliphatic heterocycles. The fourth-order valence-corrected chi connectivity index (χ4v) is 3.23. The summed E-state index contributed by atoms with van der Waals surface area (Å²) in [6.45, 7) is 0. The summed E-state index contributed by atoms with van der Waals surface area (Å²) in [7, 11) is 0. The molecule has 0 aliphatic rings. The van der Waals surface area contributed by atoms with Gasteiger partial charge in [0, 0.05) is 18.0 Å². The van der Waals surface area contributed by atoms with E-state index >= 15 is 0 Å². The third kappa shape index (κ3) is 2.42. The molecule has 3 aromatic rings. The van der Waals surface area contributed by atoms with Gasteiger partial charge in [0.1, 0.15) is 0 Å². The summed E-state index contributed by atoms with van der Waals surface area (Å²) in [5, 5.41) is 3.67. The molecule has 5 heteroatoms. The summed E-state index contributed by atoms with van der Waals surface area (Å²) in [4.78, 5) is 9.79. The Morgan fingerprint density at radius 3 is 2.72 bits per heavy atom. The Labute approximate surface area is 113 Å². The van der Waals surface area contributed by atoms with E-state index in [2.05, 4.69) is 22.1 Å². The Kier molecular flexibility index (Phi) is 3.08. The van der Waals surface area contributed by atoms with Crippen LogP contribution in [0, 0.1) is 0 Å². The Morgan fingerprint density at radius 2 is 2.00 bits per heavy atom. The van der Waals surface area contributed by atoms with E-state index in [1.54, 1.807) is 11.3 Å². The van der Waals surface area contributed by atoms with Crippen LogP contribution in [0.2, 0.25) is 0 Å². The van der Waals surface area contributed by atoms with Crippen molar-refractivity contribution in [3.8, 4) is 10.6 Å². The zero-order chi connectivity index (χ0) is 12.4. The van der Waals surface area contributed by atoms with Crippen molar-refractivity contribution in [2.75, 3.05) is 5.73 Å². The van der Waals surface area contributed by atoms with Crippen LogP contribution in [0.4, 0.5) is 5.13 Å². The van der Waals surface area contributed by atoms with Gasteiger partial charge in [-0.05, 0) is 5.56 Å². The summed E-state index contributed by atoms with van der Waals surface area (Å²) < 4.78 is 0. The first-order chi connectivity index (χ1) is 8.81. The minimum atomic E-state index is 0.600. The third-order valence-electron chi connectivity index (χ3n) is 2.53. The van der Waals surface area contributed by atoms with Gasteiger partial charge in [0.05, 0.1) is 15.6 Å². The number of nitrogen functional groups attached to an aromatic ring is 1. The lowest BCUT2D eigenvalue weighted by molar-refractivity contribution is 1.14. The van der Waals surface area contributed by atoms with Crippen molar-refractivity contribution in [2.45, 2.75) is 6.42 Å². The van der Waals surface area contributed by atoms with E-state index in [1.165, 1.54) is 16.9 Å². The molecule has 0 aliphatic carbocycles. The quantitative estimate of drug-likeness (QED) is 0.795. The SMILES string of the molecule is Nc1nc(-c2cnc(Cc3ccccc3)s2)cs1. The maximum atomic E-state index is 5.64. The molecule has 2 aromatic heterocycles. The topological polar surface area (TPSA) is 51.8 Å². The zero-order valence-corrected chi connectivity index (χ0v) is 11.2. The smallest absolute Gasteiger partial charge is 0.180 e. The Bertz CT molecular complexity index is 643. The van der Waals surface area contributed by atoms with Gasteiger partial charge in [-0.2, -0.15) is 0 Å². The largest absolute Gasteiger partial charge is 0.375 e. The number of nitrogens with zero attached hydrogens (tertiary/aromatic N) is 2. The molecule has 2 heterocycles. The first-order valence-corrected chi connectivity index (χ1v) is 7.21. The second-order valence-electron chi connectivity index (χ2n) is 3.85. The molecule has 0 saturated heterocycles. The molecule has 0 radical (unpaired) electrons. The molecular formula is C13H11N3S2. The van der Waals surface area contributed by atoms with Gasteiger partial charge >= 0.3 is 0 Å². The number of benzene rings is 1. The minimum Gasteiger partial charge on any atom is -0.375 e. The van der Waals surface area contributed by atoms with Crippen LogP contribution in [-0.4, -0.2) is 9.97 Å². The molecule has 2 N–H and O–H groups in total. The van der Waals surface area contributed by atoms with E-state index in [0.29, 0.717) is 5.13 Å². The standard InChI is InChI=1S/C13H11N3S2/c14-13-16-10(8-17-13)11-7-15-12(18-11)6-9-4-2-1-3-5-9/h1-5,7-8H,6H2,(H2,14,16). The van der Waals surface area contributed by atoms with E-state index in [4.69, 9.17) is 5.73 Å². The number of hydrogen-bond acceptors (Lipinski definition) is 5.